The minimum atomic E-state index is -0.539. The molecule has 0 atom stereocenters. The van der Waals surface area contributed by atoms with E-state index in [2.05, 4.69) is 15.9 Å². The lowest BCUT2D eigenvalue weighted by Crippen LogP contribution is -2.39. The first-order valence-corrected chi connectivity index (χ1v) is 7.26. The van der Waals surface area contributed by atoms with Crippen molar-refractivity contribution < 1.29 is 19.1 Å². The molecule has 0 fully saturated rings. The summed E-state index contributed by atoms with van der Waals surface area (Å²) in [5.74, 6) is -1.03. The van der Waals surface area contributed by atoms with Crippen molar-refractivity contribution in [3.63, 3.8) is 0 Å². The fraction of sp³-hybridized carbons (Fsp3) is 0.429. The van der Waals surface area contributed by atoms with Gasteiger partial charge in [-0.1, -0.05) is 15.9 Å². The van der Waals surface area contributed by atoms with Gasteiger partial charge in [-0.2, -0.15) is 0 Å². The highest BCUT2D eigenvalue weighted by Gasteiger charge is 2.37. The number of Topliss-reactive ketones (excluding diaryl/α,β-unsaturated/α-hetero) is 1. The van der Waals surface area contributed by atoms with Crippen molar-refractivity contribution in [3.8, 4) is 0 Å². The maximum absolute atomic E-state index is 12.1. The number of benzene rings is 1. The quantitative estimate of drug-likeness (QED) is 0.588. The van der Waals surface area contributed by atoms with Crippen LogP contribution in [0.5, 0.6) is 0 Å². The Bertz CT molecular complexity index is 526. The van der Waals surface area contributed by atoms with Crippen LogP contribution in [0.3, 0.4) is 0 Å². The van der Waals surface area contributed by atoms with E-state index in [0.717, 1.165) is 4.47 Å². The average molecular weight is 342 g/mol. The van der Waals surface area contributed by atoms with Crippen LogP contribution in [0.15, 0.2) is 22.7 Å². The summed E-state index contributed by atoms with van der Waals surface area (Å²) in [5.41, 5.74) is 1.02. The third kappa shape index (κ3) is 2.92. The summed E-state index contributed by atoms with van der Waals surface area (Å²) in [7, 11) is 0. The van der Waals surface area contributed by atoms with Gasteiger partial charge in [-0.25, -0.2) is 0 Å². The van der Waals surface area contributed by atoms with Crippen LogP contribution in [0, 0.1) is 0 Å². The van der Waals surface area contributed by atoms with Gasteiger partial charge in [0.25, 0.3) is 11.7 Å². The van der Waals surface area contributed by atoms with Crippen LogP contribution in [-0.4, -0.2) is 37.7 Å². The molecule has 1 aliphatic rings. The molecule has 0 saturated carbocycles. The molecule has 6 heteroatoms. The molecule has 0 radical (unpaired) electrons. The number of ether oxygens (including phenoxy) is 2. The SMILES string of the molecule is CCOC(CN1C(=O)C(=O)c2cc(Br)ccc21)OCC. The zero-order chi connectivity index (χ0) is 14.7. The molecule has 0 spiro atoms. The standard InChI is InChI=1S/C14H16BrNO4/c1-3-19-12(20-4-2)8-16-11-6-5-9(15)7-10(11)13(17)14(16)18/h5-7,12H,3-4,8H2,1-2H3. The van der Waals surface area contributed by atoms with Crippen LogP contribution < -0.4 is 4.90 Å². The first kappa shape index (κ1) is 15.2. The molecule has 1 aromatic rings. The summed E-state index contributed by atoms with van der Waals surface area (Å²) < 4.78 is 11.6. The fourth-order valence-electron chi connectivity index (χ4n) is 2.13. The Balaban J connectivity index is 2.24. The molecule has 2 rings (SSSR count). The molecule has 0 N–H and O–H groups in total. The van der Waals surface area contributed by atoms with E-state index in [0.29, 0.717) is 24.5 Å². The molecule has 1 aromatic carbocycles. The molecular weight excluding hydrogens is 326 g/mol. The van der Waals surface area contributed by atoms with Crippen molar-refractivity contribution in [1.82, 2.24) is 0 Å². The predicted octanol–water partition coefficient (Wildman–Crippen LogP) is 2.38. The van der Waals surface area contributed by atoms with E-state index in [1.54, 1.807) is 18.2 Å². The predicted molar refractivity (Wildman–Crippen MR) is 77.9 cm³/mol. The molecule has 108 valence electrons. The number of amides is 1. The van der Waals surface area contributed by atoms with Gasteiger partial charge in [-0.15, -0.1) is 0 Å². The van der Waals surface area contributed by atoms with Gasteiger partial charge < -0.3 is 9.47 Å². The van der Waals surface area contributed by atoms with E-state index in [1.807, 2.05) is 13.8 Å². The Hall–Kier alpha value is -1.24. The first-order chi connectivity index (χ1) is 9.58. The third-order valence-corrected chi connectivity index (χ3v) is 3.46. The summed E-state index contributed by atoms with van der Waals surface area (Å²) >= 11 is 3.30. The molecule has 5 nitrogen and oxygen atoms in total. The van der Waals surface area contributed by atoms with Crippen LogP contribution in [0.4, 0.5) is 5.69 Å². The monoisotopic (exact) mass is 341 g/mol. The summed E-state index contributed by atoms with van der Waals surface area (Å²) in [6.07, 6.45) is -0.531. The Morgan fingerprint density at radius 2 is 1.85 bits per heavy atom. The molecule has 0 bridgehead atoms. The van der Waals surface area contributed by atoms with Crippen molar-refractivity contribution in [2.45, 2.75) is 20.1 Å². The Labute approximate surface area is 126 Å². The van der Waals surface area contributed by atoms with Gasteiger partial charge in [0, 0.05) is 17.7 Å². The zero-order valence-corrected chi connectivity index (χ0v) is 13.0. The van der Waals surface area contributed by atoms with E-state index in [1.165, 1.54) is 4.90 Å². The number of hydrogen-bond acceptors (Lipinski definition) is 4. The van der Waals surface area contributed by atoms with Gasteiger partial charge in [-0.3, -0.25) is 14.5 Å². The average Bonchev–Trinajstić information content (AvgIpc) is 2.64. The van der Waals surface area contributed by atoms with Crippen LogP contribution in [-0.2, 0) is 14.3 Å². The van der Waals surface area contributed by atoms with E-state index in [4.69, 9.17) is 9.47 Å². The van der Waals surface area contributed by atoms with Gasteiger partial charge >= 0.3 is 0 Å². The van der Waals surface area contributed by atoms with Crippen LogP contribution in [0.25, 0.3) is 0 Å². The summed E-state index contributed by atoms with van der Waals surface area (Å²) in [6.45, 7) is 4.88. The van der Waals surface area contributed by atoms with E-state index in [9.17, 15) is 9.59 Å². The highest BCUT2D eigenvalue weighted by molar-refractivity contribution is 9.10. The number of fused-ring (bicyclic) bond motifs is 1. The van der Waals surface area contributed by atoms with Gasteiger partial charge in [0.15, 0.2) is 6.29 Å². The number of halogens is 1. The molecule has 1 heterocycles. The second-order valence-corrected chi connectivity index (χ2v) is 5.16. The molecule has 0 aromatic heterocycles. The topological polar surface area (TPSA) is 55.8 Å². The highest BCUT2D eigenvalue weighted by atomic mass is 79.9. The normalized spacial score (nSPS) is 14.3. The molecule has 0 unspecified atom stereocenters. The number of rotatable bonds is 6. The van der Waals surface area contributed by atoms with Gasteiger partial charge in [-0.05, 0) is 32.0 Å². The molecule has 1 amide bonds. The number of nitrogens with zero attached hydrogens (tertiary/aromatic N) is 1. The Morgan fingerprint density at radius 3 is 2.45 bits per heavy atom. The van der Waals surface area contributed by atoms with E-state index < -0.39 is 18.0 Å². The third-order valence-electron chi connectivity index (χ3n) is 2.97. The number of anilines is 1. The van der Waals surface area contributed by atoms with Crippen molar-refractivity contribution in [1.29, 1.82) is 0 Å². The second kappa shape index (κ2) is 6.47. The fourth-order valence-corrected chi connectivity index (χ4v) is 2.49. The highest BCUT2D eigenvalue weighted by Crippen LogP contribution is 2.31. The Kier molecular flexibility index (Phi) is 4.91. The number of carbonyl (C=O) groups is 2. The minimum absolute atomic E-state index is 0.209. The van der Waals surface area contributed by atoms with E-state index in [-0.39, 0.29) is 6.54 Å². The molecule has 0 aliphatic carbocycles. The van der Waals surface area contributed by atoms with Gasteiger partial charge in [0.2, 0.25) is 0 Å². The van der Waals surface area contributed by atoms with Crippen molar-refractivity contribution in [3.05, 3.63) is 28.2 Å². The largest absolute Gasteiger partial charge is 0.351 e. The van der Waals surface area contributed by atoms with E-state index >= 15 is 0 Å². The molecule has 1 aliphatic heterocycles. The lowest BCUT2D eigenvalue weighted by atomic mass is 10.1. The van der Waals surface area contributed by atoms with Gasteiger partial charge in [0.1, 0.15) is 0 Å². The molecule has 0 saturated heterocycles. The second-order valence-electron chi connectivity index (χ2n) is 4.25. The first-order valence-electron chi connectivity index (χ1n) is 6.47. The van der Waals surface area contributed by atoms with Crippen LogP contribution in [0.2, 0.25) is 0 Å². The summed E-state index contributed by atoms with van der Waals surface area (Å²) in [5, 5.41) is 0. The molecular formula is C14H16BrNO4. The maximum Gasteiger partial charge on any atom is 0.299 e. The lowest BCUT2D eigenvalue weighted by Gasteiger charge is -2.23. The summed E-state index contributed by atoms with van der Waals surface area (Å²) in [4.78, 5) is 25.4. The Morgan fingerprint density at radius 1 is 1.20 bits per heavy atom. The smallest absolute Gasteiger partial charge is 0.299 e. The zero-order valence-electron chi connectivity index (χ0n) is 11.4. The summed E-state index contributed by atoms with van der Waals surface area (Å²) in [6, 6.07) is 5.21. The lowest BCUT2D eigenvalue weighted by molar-refractivity contribution is -0.134. The van der Waals surface area contributed by atoms with Crippen LogP contribution in [0.1, 0.15) is 24.2 Å². The number of hydrogen-bond donors (Lipinski definition) is 0. The van der Waals surface area contributed by atoms with Crippen molar-refractivity contribution in [2.75, 3.05) is 24.7 Å². The molecule has 20 heavy (non-hydrogen) atoms. The van der Waals surface area contributed by atoms with Crippen LogP contribution >= 0.6 is 15.9 Å². The van der Waals surface area contributed by atoms with Crippen molar-refractivity contribution in [2.24, 2.45) is 0 Å². The number of carbonyl (C=O) groups excluding carboxylic acids is 2. The van der Waals surface area contributed by atoms with Gasteiger partial charge in [0.05, 0.1) is 17.8 Å². The number of ketones is 1. The minimum Gasteiger partial charge on any atom is -0.351 e. The van der Waals surface area contributed by atoms with Crippen molar-refractivity contribution >= 4 is 33.3 Å². The maximum atomic E-state index is 12.1.